The van der Waals surface area contributed by atoms with E-state index in [4.69, 9.17) is 6.42 Å². The van der Waals surface area contributed by atoms with Crippen molar-refractivity contribution in [2.24, 2.45) is 5.92 Å². The first kappa shape index (κ1) is 24.4. The van der Waals surface area contributed by atoms with Gasteiger partial charge in [-0.25, -0.2) is 13.4 Å². The first-order chi connectivity index (χ1) is 14.9. The lowest BCUT2D eigenvalue weighted by molar-refractivity contribution is -0.0437. The molecule has 0 radical (unpaired) electrons. The van der Waals surface area contributed by atoms with E-state index in [9.17, 15) is 21.6 Å². The summed E-state index contributed by atoms with van der Waals surface area (Å²) in [5, 5.41) is 2.54. The Labute approximate surface area is 197 Å². The molecule has 0 N–H and O–H groups in total. The Morgan fingerprint density at radius 3 is 2.59 bits per heavy atom. The fraction of sp³-hybridized carbons (Fsp3) is 0.273. The van der Waals surface area contributed by atoms with Crippen LogP contribution >= 0.6 is 27.3 Å². The van der Waals surface area contributed by atoms with Crippen LogP contribution in [0.5, 0.6) is 0 Å². The minimum absolute atomic E-state index is 0.0676. The molecule has 1 aromatic carbocycles. The van der Waals surface area contributed by atoms with Gasteiger partial charge in [0.2, 0.25) is 0 Å². The number of thiazole rings is 1. The molecule has 0 atom stereocenters. The highest BCUT2D eigenvalue weighted by molar-refractivity contribution is 9.10. The maximum atomic E-state index is 12.8. The zero-order chi connectivity index (χ0) is 23.7. The van der Waals surface area contributed by atoms with Crippen molar-refractivity contribution in [2.45, 2.75) is 31.5 Å². The lowest BCUT2D eigenvalue weighted by Crippen LogP contribution is -2.25. The fourth-order valence-electron chi connectivity index (χ4n) is 3.04. The number of sulfone groups is 1. The number of hydrogen-bond donors (Lipinski definition) is 0. The Hall–Kier alpha value is -2.22. The maximum absolute atomic E-state index is 12.8. The minimum atomic E-state index is -5.34. The summed E-state index contributed by atoms with van der Waals surface area (Å²) in [6, 6.07) is 6.65. The van der Waals surface area contributed by atoms with Gasteiger partial charge >= 0.3 is 5.51 Å². The Morgan fingerprint density at radius 2 is 1.97 bits per heavy atom. The summed E-state index contributed by atoms with van der Waals surface area (Å²) in [6.45, 7) is 4.22. The molecule has 0 unspecified atom stereocenters. The molecule has 0 saturated heterocycles. The van der Waals surface area contributed by atoms with Crippen molar-refractivity contribution in [3.8, 4) is 34.2 Å². The van der Waals surface area contributed by atoms with Crippen molar-refractivity contribution in [1.82, 2.24) is 9.97 Å². The highest BCUT2D eigenvalue weighted by Gasteiger charge is 2.45. The molecule has 3 rings (SSSR count). The van der Waals surface area contributed by atoms with E-state index in [1.165, 1.54) is 23.5 Å². The van der Waals surface area contributed by atoms with Crippen molar-refractivity contribution in [3.63, 3.8) is 0 Å². The van der Waals surface area contributed by atoms with Gasteiger partial charge < -0.3 is 0 Å². The third-order valence-electron chi connectivity index (χ3n) is 4.53. The molecule has 0 fully saturated rings. The molecule has 0 aliphatic rings. The standard InChI is InChI=1S/C22H18BrF3N2O2S2/c1-4-17-18(6-5-15(20(17)23)12-32(29,30)22(24,25)26)19-11-31-21(28-19)14-7-8-27-16(10-14)9-13(2)3/h1,5-8,10-11,13H,9,12H2,2-3H3. The number of rotatable bonds is 6. The van der Waals surface area contributed by atoms with E-state index in [2.05, 4.69) is 45.7 Å². The van der Waals surface area contributed by atoms with Crippen LogP contribution in [-0.2, 0) is 22.0 Å². The predicted molar refractivity (Wildman–Crippen MR) is 124 cm³/mol. The average Bonchev–Trinajstić information content (AvgIpc) is 3.18. The van der Waals surface area contributed by atoms with Crippen LogP contribution in [0.2, 0.25) is 0 Å². The van der Waals surface area contributed by atoms with Gasteiger partial charge in [0.25, 0.3) is 9.84 Å². The molecule has 0 amide bonds. The number of halogens is 4. The van der Waals surface area contributed by atoms with Crippen molar-refractivity contribution >= 4 is 37.1 Å². The summed E-state index contributed by atoms with van der Waals surface area (Å²) in [4.78, 5) is 9.02. The summed E-state index contributed by atoms with van der Waals surface area (Å²) in [5.74, 6) is 1.69. The lowest BCUT2D eigenvalue weighted by atomic mass is 10.0. The Bertz CT molecular complexity index is 1290. The maximum Gasteiger partial charge on any atom is 0.497 e. The van der Waals surface area contributed by atoms with Crippen LogP contribution in [0, 0.1) is 18.3 Å². The third-order valence-corrected chi connectivity index (χ3v) is 7.72. The highest BCUT2D eigenvalue weighted by atomic mass is 79.9. The number of hydrogen-bond acceptors (Lipinski definition) is 5. The van der Waals surface area contributed by atoms with Crippen LogP contribution in [0.15, 0.2) is 40.3 Å². The van der Waals surface area contributed by atoms with Crippen LogP contribution in [0.25, 0.3) is 21.8 Å². The van der Waals surface area contributed by atoms with E-state index in [-0.39, 0.29) is 15.6 Å². The van der Waals surface area contributed by atoms with Gasteiger partial charge in [-0.3, -0.25) is 4.98 Å². The molecule has 32 heavy (non-hydrogen) atoms. The monoisotopic (exact) mass is 542 g/mol. The topological polar surface area (TPSA) is 59.9 Å². The van der Waals surface area contributed by atoms with Gasteiger partial charge in [-0.1, -0.05) is 31.9 Å². The molecule has 0 spiro atoms. The predicted octanol–water partition coefficient (Wildman–Crippen LogP) is 6.25. The van der Waals surface area contributed by atoms with E-state index in [0.717, 1.165) is 22.7 Å². The van der Waals surface area contributed by atoms with Crippen LogP contribution in [-0.4, -0.2) is 23.9 Å². The van der Waals surface area contributed by atoms with Gasteiger partial charge in [-0.2, -0.15) is 13.2 Å². The number of nitrogens with zero attached hydrogens (tertiary/aromatic N) is 2. The van der Waals surface area contributed by atoms with Crippen molar-refractivity contribution in [1.29, 1.82) is 0 Å². The Morgan fingerprint density at radius 1 is 1.25 bits per heavy atom. The van der Waals surface area contributed by atoms with Gasteiger partial charge in [-0.05, 0) is 46.0 Å². The zero-order valence-electron chi connectivity index (χ0n) is 17.1. The quantitative estimate of drug-likeness (QED) is 0.345. The smallest absolute Gasteiger partial charge is 0.261 e. The van der Waals surface area contributed by atoms with E-state index in [1.54, 1.807) is 11.6 Å². The molecule has 0 aliphatic carbocycles. The zero-order valence-corrected chi connectivity index (χ0v) is 20.3. The number of alkyl halides is 3. The van der Waals surface area contributed by atoms with Gasteiger partial charge in [-0.15, -0.1) is 17.8 Å². The number of pyridine rings is 1. The highest BCUT2D eigenvalue weighted by Crippen LogP contribution is 2.36. The van der Waals surface area contributed by atoms with Crippen LogP contribution < -0.4 is 0 Å². The van der Waals surface area contributed by atoms with E-state index in [1.807, 2.05) is 12.1 Å². The van der Waals surface area contributed by atoms with Gasteiger partial charge in [0, 0.05) is 38.4 Å². The second-order valence-corrected chi connectivity index (χ2v) is 11.1. The van der Waals surface area contributed by atoms with Crippen molar-refractivity contribution < 1.29 is 21.6 Å². The van der Waals surface area contributed by atoms with Gasteiger partial charge in [0.1, 0.15) is 5.01 Å². The fourth-order valence-corrected chi connectivity index (χ4v) is 5.46. The first-order valence-corrected chi connectivity index (χ1v) is 12.7. The second kappa shape index (κ2) is 9.33. The molecule has 2 aromatic heterocycles. The second-order valence-electron chi connectivity index (χ2n) is 7.48. The van der Waals surface area contributed by atoms with E-state index < -0.39 is 21.1 Å². The number of terminal acetylenes is 1. The summed E-state index contributed by atoms with van der Waals surface area (Å²) in [7, 11) is -5.34. The van der Waals surface area contributed by atoms with E-state index in [0.29, 0.717) is 17.2 Å². The normalized spacial score (nSPS) is 12.2. The molecule has 2 heterocycles. The lowest BCUT2D eigenvalue weighted by Gasteiger charge is -2.12. The van der Waals surface area contributed by atoms with Crippen molar-refractivity contribution in [3.05, 3.63) is 57.1 Å². The molecule has 0 saturated carbocycles. The Kier molecular flexibility index (Phi) is 7.12. The molecule has 0 bridgehead atoms. The van der Waals surface area contributed by atoms with Crippen LogP contribution in [0.3, 0.4) is 0 Å². The number of aromatic nitrogens is 2. The largest absolute Gasteiger partial charge is 0.497 e. The Balaban J connectivity index is 1.98. The molecule has 4 nitrogen and oxygen atoms in total. The van der Waals surface area contributed by atoms with Crippen LogP contribution in [0.4, 0.5) is 13.2 Å². The van der Waals surface area contributed by atoms with E-state index >= 15 is 0 Å². The molecule has 0 aliphatic heterocycles. The minimum Gasteiger partial charge on any atom is -0.261 e. The van der Waals surface area contributed by atoms with Crippen molar-refractivity contribution in [2.75, 3.05) is 0 Å². The molecule has 10 heteroatoms. The first-order valence-electron chi connectivity index (χ1n) is 9.41. The molecular formula is C22H18BrF3N2O2S2. The number of benzene rings is 1. The SMILES string of the molecule is C#Cc1c(-c2csc(-c3ccnc(CC(C)C)c3)n2)ccc(CS(=O)(=O)C(F)(F)F)c1Br. The summed E-state index contributed by atoms with van der Waals surface area (Å²) >= 11 is 4.59. The average molecular weight is 543 g/mol. The molecular weight excluding hydrogens is 525 g/mol. The summed E-state index contributed by atoms with van der Waals surface area (Å²) < 4.78 is 61.6. The summed E-state index contributed by atoms with van der Waals surface area (Å²) in [5.41, 5.74) is -2.24. The van der Waals surface area contributed by atoms with Gasteiger partial charge in [0.05, 0.1) is 11.4 Å². The summed E-state index contributed by atoms with van der Waals surface area (Å²) in [6.07, 6.45) is 8.17. The molecule has 168 valence electrons. The van der Waals surface area contributed by atoms with Crippen LogP contribution in [0.1, 0.15) is 30.7 Å². The third kappa shape index (κ3) is 5.22. The van der Waals surface area contributed by atoms with Gasteiger partial charge in [0.15, 0.2) is 0 Å². The molecule has 3 aromatic rings.